The van der Waals surface area contributed by atoms with Crippen molar-refractivity contribution in [3.63, 3.8) is 0 Å². The maximum absolute atomic E-state index is 12.0. The Hall–Kier alpha value is -1.64. The zero-order valence-corrected chi connectivity index (χ0v) is 18.1. The average Bonchev–Trinajstić information content (AvgIpc) is 3.18. The Labute approximate surface area is 169 Å². The largest absolute Gasteiger partial charge is 0.385 e. The lowest BCUT2D eigenvalue weighted by atomic mass is 9.83. The van der Waals surface area contributed by atoms with Gasteiger partial charge >= 0.3 is 0 Å². The molecule has 1 aliphatic rings. The van der Waals surface area contributed by atoms with Gasteiger partial charge in [0, 0.05) is 26.8 Å². The first-order valence-corrected chi connectivity index (χ1v) is 11.5. The van der Waals surface area contributed by atoms with Gasteiger partial charge in [0.15, 0.2) is 5.96 Å². The van der Waals surface area contributed by atoms with Crippen LogP contribution in [0, 0.1) is 5.41 Å². The molecule has 1 aromatic rings. The first kappa shape index (κ1) is 22.6. The maximum atomic E-state index is 12.0. The lowest BCUT2D eigenvalue weighted by Crippen LogP contribution is -2.43. The van der Waals surface area contributed by atoms with Crippen LogP contribution in [0.2, 0.25) is 0 Å². The molecule has 1 aliphatic carbocycles. The van der Waals surface area contributed by atoms with Gasteiger partial charge in [0.05, 0.1) is 11.4 Å². The third kappa shape index (κ3) is 6.46. The zero-order valence-electron chi connectivity index (χ0n) is 17.3. The van der Waals surface area contributed by atoms with Crippen LogP contribution in [0.1, 0.15) is 44.6 Å². The minimum atomic E-state index is -3.45. The molecule has 8 heteroatoms. The number of hydrogen-bond acceptors (Lipinski definition) is 4. The van der Waals surface area contributed by atoms with Crippen LogP contribution >= 0.6 is 0 Å². The summed E-state index contributed by atoms with van der Waals surface area (Å²) in [7, 11) is -0.283. The summed E-state index contributed by atoms with van der Waals surface area (Å²) in [6.07, 6.45) is 6.02. The monoisotopic (exact) mass is 410 g/mol. The first-order valence-electron chi connectivity index (χ1n) is 9.98. The molecule has 0 heterocycles. The number of aliphatic imine (C=N–C) groups is 1. The van der Waals surface area contributed by atoms with Gasteiger partial charge < -0.3 is 15.4 Å². The van der Waals surface area contributed by atoms with Crippen molar-refractivity contribution in [3.8, 4) is 0 Å². The highest BCUT2D eigenvalue weighted by atomic mass is 32.2. The van der Waals surface area contributed by atoms with E-state index >= 15 is 0 Å². The van der Waals surface area contributed by atoms with Crippen LogP contribution in [-0.2, 0) is 21.3 Å². The molecule has 0 unspecified atom stereocenters. The van der Waals surface area contributed by atoms with Crippen LogP contribution < -0.4 is 15.4 Å². The summed E-state index contributed by atoms with van der Waals surface area (Å²) in [5.74, 6) is 0.757. The summed E-state index contributed by atoms with van der Waals surface area (Å²) in [5.41, 5.74) is 1.12. The van der Waals surface area contributed by atoms with Crippen LogP contribution in [0.15, 0.2) is 34.2 Å². The number of guanidine groups is 1. The van der Waals surface area contributed by atoms with E-state index in [-0.39, 0.29) is 10.3 Å². The van der Waals surface area contributed by atoms with Crippen molar-refractivity contribution in [2.75, 3.05) is 33.9 Å². The smallest absolute Gasteiger partial charge is 0.240 e. The number of benzene rings is 1. The second-order valence-electron chi connectivity index (χ2n) is 7.35. The van der Waals surface area contributed by atoms with E-state index in [9.17, 15) is 8.42 Å². The summed E-state index contributed by atoms with van der Waals surface area (Å²) in [4.78, 5) is 4.91. The first-order chi connectivity index (χ1) is 13.4. The molecule has 0 aliphatic heterocycles. The highest BCUT2D eigenvalue weighted by Gasteiger charge is 2.33. The standard InChI is InChI=1S/C20H34N4O3S/c1-4-22-19(24-16-20(12-13-27-3)10-5-6-11-20)23-15-17-8-7-9-18(14-17)28(25,26)21-2/h7-9,14,21H,4-6,10-13,15-16H2,1-3H3,(H2,22,23,24). The second-order valence-corrected chi connectivity index (χ2v) is 9.24. The average molecular weight is 411 g/mol. The van der Waals surface area contributed by atoms with E-state index in [4.69, 9.17) is 4.74 Å². The van der Waals surface area contributed by atoms with Gasteiger partial charge in [-0.05, 0) is 56.3 Å². The van der Waals surface area contributed by atoms with E-state index in [2.05, 4.69) is 20.3 Å². The molecule has 0 amide bonds. The molecule has 0 atom stereocenters. The molecule has 0 saturated heterocycles. The van der Waals surface area contributed by atoms with E-state index < -0.39 is 10.0 Å². The number of rotatable bonds is 10. The van der Waals surface area contributed by atoms with Crippen molar-refractivity contribution in [2.24, 2.45) is 10.4 Å². The van der Waals surface area contributed by atoms with Gasteiger partial charge in [0.1, 0.15) is 0 Å². The predicted octanol–water partition coefficient (Wildman–Crippen LogP) is 2.25. The summed E-state index contributed by atoms with van der Waals surface area (Å²) in [6.45, 7) is 4.87. The fourth-order valence-electron chi connectivity index (χ4n) is 3.67. The highest BCUT2D eigenvalue weighted by Crippen LogP contribution is 2.40. The topological polar surface area (TPSA) is 91.8 Å². The van der Waals surface area contributed by atoms with Crippen molar-refractivity contribution >= 4 is 16.0 Å². The normalized spacial score (nSPS) is 16.9. The molecule has 28 heavy (non-hydrogen) atoms. The van der Waals surface area contributed by atoms with Gasteiger partial charge in [0.25, 0.3) is 0 Å². The molecule has 0 aromatic heterocycles. The molecule has 3 N–H and O–H groups in total. The van der Waals surface area contributed by atoms with E-state index in [0.29, 0.717) is 6.54 Å². The Morgan fingerprint density at radius 2 is 2.00 bits per heavy atom. The molecule has 2 rings (SSSR count). The van der Waals surface area contributed by atoms with Crippen molar-refractivity contribution in [1.29, 1.82) is 0 Å². The van der Waals surface area contributed by atoms with Crippen molar-refractivity contribution in [3.05, 3.63) is 29.8 Å². The van der Waals surface area contributed by atoms with E-state index in [0.717, 1.165) is 37.6 Å². The zero-order chi connectivity index (χ0) is 20.5. The fraction of sp³-hybridized carbons (Fsp3) is 0.650. The Balaban J connectivity index is 2.05. The van der Waals surface area contributed by atoms with E-state index in [1.165, 1.54) is 32.7 Å². The molecule has 0 radical (unpaired) electrons. The SMILES string of the molecule is CCNC(=NCc1cccc(S(=O)(=O)NC)c1)NCC1(CCOC)CCCC1. The van der Waals surface area contributed by atoms with Gasteiger partial charge in [-0.2, -0.15) is 0 Å². The van der Waals surface area contributed by atoms with E-state index in [1.807, 2.05) is 13.0 Å². The van der Waals surface area contributed by atoms with Crippen molar-refractivity contribution in [1.82, 2.24) is 15.4 Å². The third-order valence-electron chi connectivity index (χ3n) is 5.37. The van der Waals surface area contributed by atoms with Crippen molar-refractivity contribution in [2.45, 2.75) is 50.5 Å². The minimum Gasteiger partial charge on any atom is -0.385 e. The van der Waals surface area contributed by atoms with Crippen LogP contribution in [-0.4, -0.2) is 48.2 Å². The molecular formula is C20H34N4O3S. The summed E-state index contributed by atoms with van der Waals surface area (Å²) in [6, 6.07) is 6.88. The van der Waals surface area contributed by atoms with Gasteiger partial charge in [0.2, 0.25) is 10.0 Å². The predicted molar refractivity (Wildman–Crippen MR) is 113 cm³/mol. The number of hydrogen-bond donors (Lipinski definition) is 3. The maximum Gasteiger partial charge on any atom is 0.240 e. The van der Waals surface area contributed by atoms with Gasteiger partial charge in [-0.1, -0.05) is 25.0 Å². The molecule has 158 valence electrons. The van der Waals surface area contributed by atoms with Gasteiger partial charge in [-0.15, -0.1) is 0 Å². The minimum absolute atomic E-state index is 0.255. The number of methoxy groups -OCH3 is 1. The van der Waals surface area contributed by atoms with Gasteiger partial charge in [-0.3, -0.25) is 0 Å². The van der Waals surface area contributed by atoms with E-state index in [1.54, 1.807) is 25.3 Å². The lowest BCUT2D eigenvalue weighted by Gasteiger charge is -2.30. The lowest BCUT2D eigenvalue weighted by molar-refractivity contribution is 0.138. The Kier molecular flexibility index (Phi) is 8.72. The molecule has 1 fully saturated rings. The fourth-order valence-corrected chi connectivity index (χ4v) is 4.47. The van der Waals surface area contributed by atoms with Crippen LogP contribution in [0.3, 0.4) is 0 Å². The molecule has 0 bridgehead atoms. The van der Waals surface area contributed by atoms with Crippen LogP contribution in [0.5, 0.6) is 0 Å². The van der Waals surface area contributed by atoms with Crippen LogP contribution in [0.4, 0.5) is 0 Å². The molecule has 1 saturated carbocycles. The highest BCUT2D eigenvalue weighted by molar-refractivity contribution is 7.89. The van der Waals surface area contributed by atoms with Crippen LogP contribution in [0.25, 0.3) is 0 Å². The number of nitrogens with one attached hydrogen (secondary N) is 3. The quantitative estimate of drug-likeness (QED) is 0.406. The molecule has 1 aromatic carbocycles. The molecule has 0 spiro atoms. The third-order valence-corrected chi connectivity index (χ3v) is 6.79. The summed E-state index contributed by atoms with van der Waals surface area (Å²) in [5, 5.41) is 6.77. The Morgan fingerprint density at radius 3 is 2.64 bits per heavy atom. The summed E-state index contributed by atoms with van der Waals surface area (Å²) >= 11 is 0. The number of sulfonamides is 1. The number of nitrogens with zero attached hydrogens (tertiary/aromatic N) is 1. The second kappa shape index (κ2) is 10.8. The van der Waals surface area contributed by atoms with Gasteiger partial charge in [-0.25, -0.2) is 18.1 Å². The number of ether oxygens (including phenoxy) is 1. The summed E-state index contributed by atoms with van der Waals surface area (Å²) < 4.78 is 31.6. The molecular weight excluding hydrogens is 376 g/mol. The molecule has 7 nitrogen and oxygen atoms in total. The Bertz CT molecular complexity index is 744. The van der Waals surface area contributed by atoms with Crippen molar-refractivity contribution < 1.29 is 13.2 Å². The Morgan fingerprint density at radius 1 is 1.25 bits per heavy atom.